The molecule has 2 aromatic rings. The fraction of sp³-hybridized carbons (Fsp3) is 0.0769. The second kappa shape index (κ2) is 5.03. The molecule has 0 saturated carbocycles. The minimum absolute atomic E-state index is 0.0797. The van der Waals surface area contributed by atoms with E-state index in [2.05, 4.69) is 0 Å². The highest BCUT2D eigenvalue weighted by atomic mass is 35.5. The topological polar surface area (TPSA) is 0 Å². The summed E-state index contributed by atoms with van der Waals surface area (Å²) < 4.78 is 26.4. The van der Waals surface area contributed by atoms with E-state index in [0.717, 1.165) is 11.1 Å². The number of halogens is 4. The third-order valence-corrected chi connectivity index (χ3v) is 2.99. The Morgan fingerprint density at radius 2 is 1.18 bits per heavy atom. The van der Waals surface area contributed by atoms with Crippen molar-refractivity contribution in [2.75, 3.05) is 0 Å². The Morgan fingerprint density at radius 3 is 1.53 bits per heavy atom. The van der Waals surface area contributed by atoms with E-state index in [9.17, 15) is 8.78 Å². The van der Waals surface area contributed by atoms with Crippen LogP contribution < -0.4 is 0 Å². The van der Waals surface area contributed by atoms with Gasteiger partial charge in [0, 0.05) is 0 Å². The van der Waals surface area contributed by atoms with E-state index in [4.69, 9.17) is 23.2 Å². The van der Waals surface area contributed by atoms with Crippen molar-refractivity contribution < 1.29 is 8.78 Å². The summed E-state index contributed by atoms with van der Waals surface area (Å²) in [7, 11) is 0. The van der Waals surface area contributed by atoms with Crippen LogP contribution in [0.3, 0.4) is 0 Å². The van der Waals surface area contributed by atoms with Crippen LogP contribution in [0.4, 0.5) is 8.78 Å². The lowest BCUT2D eigenvalue weighted by molar-refractivity contribution is 0.624. The molecule has 0 N–H and O–H groups in total. The highest BCUT2D eigenvalue weighted by Gasteiger charge is 2.04. The van der Waals surface area contributed by atoms with E-state index in [1.165, 1.54) is 24.3 Å². The molecular weight excluding hydrogens is 265 g/mol. The molecule has 17 heavy (non-hydrogen) atoms. The molecule has 0 spiro atoms. The zero-order valence-corrected chi connectivity index (χ0v) is 10.2. The van der Waals surface area contributed by atoms with Gasteiger partial charge in [-0.1, -0.05) is 35.3 Å². The Balaban J connectivity index is 2.25. The van der Waals surface area contributed by atoms with E-state index in [0.29, 0.717) is 6.42 Å². The standard InChI is InChI=1S/C13H8Cl2F2/c14-10-3-1-8(6-12(10)16)5-9-2-4-11(15)13(17)7-9/h1-4,6-7H,5H2. The summed E-state index contributed by atoms with van der Waals surface area (Å²) in [5.74, 6) is -0.947. The summed E-state index contributed by atoms with van der Waals surface area (Å²) in [4.78, 5) is 0. The largest absolute Gasteiger partial charge is 0.205 e. The van der Waals surface area contributed by atoms with E-state index in [1.807, 2.05) is 0 Å². The summed E-state index contributed by atoms with van der Waals surface area (Å²) in [6, 6.07) is 9.07. The van der Waals surface area contributed by atoms with Crippen LogP contribution in [-0.4, -0.2) is 0 Å². The fourth-order valence-corrected chi connectivity index (χ4v) is 1.77. The number of hydrogen-bond donors (Lipinski definition) is 0. The summed E-state index contributed by atoms with van der Waals surface area (Å²) in [5, 5.41) is 0.159. The summed E-state index contributed by atoms with van der Waals surface area (Å²) in [6.07, 6.45) is 0.433. The molecule has 0 amide bonds. The molecule has 0 aliphatic rings. The molecule has 0 heterocycles. The van der Waals surface area contributed by atoms with Gasteiger partial charge >= 0.3 is 0 Å². The van der Waals surface area contributed by atoms with Gasteiger partial charge in [-0.05, 0) is 41.8 Å². The molecule has 0 saturated heterocycles. The first-order valence-corrected chi connectivity index (χ1v) is 5.70. The molecular formula is C13H8Cl2F2. The van der Waals surface area contributed by atoms with Crippen LogP contribution >= 0.6 is 23.2 Å². The smallest absolute Gasteiger partial charge is 0.142 e. The maximum absolute atomic E-state index is 13.2. The van der Waals surface area contributed by atoms with Crippen molar-refractivity contribution in [3.05, 3.63) is 69.2 Å². The average molecular weight is 273 g/mol. The van der Waals surface area contributed by atoms with Gasteiger partial charge < -0.3 is 0 Å². The molecule has 0 fully saturated rings. The average Bonchev–Trinajstić information content (AvgIpc) is 2.29. The molecule has 0 nitrogen and oxygen atoms in total. The van der Waals surface area contributed by atoms with E-state index >= 15 is 0 Å². The number of rotatable bonds is 2. The Kier molecular flexibility index (Phi) is 3.65. The van der Waals surface area contributed by atoms with E-state index in [-0.39, 0.29) is 10.0 Å². The summed E-state index contributed by atoms with van der Waals surface area (Å²) in [5.41, 5.74) is 1.46. The van der Waals surface area contributed by atoms with Gasteiger partial charge in [0.15, 0.2) is 0 Å². The van der Waals surface area contributed by atoms with Crippen LogP contribution in [0.25, 0.3) is 0 Å². The Hall–Kier alpha value is -1.12. The molecule has 0 unspecified atom stereocenters. The monoisotopic (exact) mass is 272 g/mol. The minimum Gasteiger partial charge on any atom is -0.205 e. The molecule has 0 aromatic heterocycles. The van der Waals surface area contributed by atoms with Gasteiger partial charge in [-0.2, -0.15) is 0 Å². The molecule has 0 aliphatic carbocycles. The van der Waals surface area contributed by atoms with Gasteiger partial charge in [0.25, 0.3) is 0 Å². The zero-order valence-electron chi connectivity index (χ0n) is 8.68. The predicted molar refractivity (Wildman–Crippen MR) is 65.6 cm³/mol. The fourth-order valence-electron chi connectivity index (χ4n) is 1.53. The van der Waals surface area contributed by atoms with Gasteiger partial charge in [0.2, 0.25) is 0 Å². The SMILES string of the molecule is Fc1cc(Cc2ccc(Cl)c(F)c2)ccc1Cl. The highest BCUT2D eigenvalue weighted by Crippen LogP contribution is 2.20. The van der Waals surface area contributed by atoms with Crippen molar-refractivity contribution in [1.29, 1.82) is 0 Å². The first-order valence-electron chi connectivity index (χ1n) is 4.94. The van der Waals surface area contributed by atoms with Gasteiger partial charge in [0.1, 0.15) is 11.6 Å². The molecule has 0 aliphatic heterocycles. The molecule has 0 atom stereocenters. The van der Waals surface area contributed by atoms with Crippen molar-refractivity contribution in [2.24, 2.45) is 0 Å². The lowest BCUT2D eigenvalue weighted by Gasteiger charge is -2.04. The van der Waals surface area contributed by atoms with Crippen LogP contribution in [0, 0.1) is 11.6 Å². The predicted octanol–water partition coefficient (Wildman–Crippen LogP) is 4.86. The van der Waals surface area contributed by atoms with Crippen LogP contribution in [0.15, 0.2) is 36.4 Å². The lowest BCUT2D eigenvalue weighted by atomic mass is 10.0. The molecule has 0 radical (unpaired) electrons. The van der Waals surface area contributed by atoms with Gasteiger partial charge in [0.05, 0.1) is 10.0 Å². The maximum Gasteiger partial charge on any atom is 0.142 e. The summed E-state index contributed by atoms with van der Waals surface area (Å²) >= 11 is 11.2. The van der Waals surface area contributed by atoms with Crippen LogP contribution in [-0.2, 0) is 6.42 Å². The number of hydrogen-bond acceptors (Lipinski definition) is 0. The Morgan fingerprint density at radius 1 is 0.765 bits per heavy atom. The van der Waals surface area contributed by atoms with Gasteiger partial charge in [-0.15, -0.1) is 0 Å². The quantitative estimate of drug-likeness (QED) is 0.732. The second-order valence-electron chi connectivity index (χ2n) is 3.67. The molecule has 4 heteroatoms. The third-order valence-electron chi connectivity index (χ3n) is 2.38. The molecule has 88 valence electrons. The van der Waals surface area contributed by atoms with Crippen molar-refractivity contribution in [3.8, 4) is 0 Å². The minimum atomic E-state index is -0.474. The highest BCUT2D eigenvalue weighted by molar-refractivity contribution is 6.31. The normalized spacial score (nSPS) is 10.6. The molecule has 2 rings (SSSR count). The molecule has 0 bridgehead atoms. The summed E-state index contributed by atoms with van der Waals surface area (Å²) in [6.45, 7) is 0. The molecule has 2 aromatic carbocycles. The third kappa shape index (κ3) is 2.96. The van der Waals surface area contributed by atoms with E-state index < -0.39 is 11.6 Å². The second-order valence-corrected chi connectivity index (χ2v) is 4.49. The van der Waals surface area contributed by atoms with Crippen molar-refractivity contribution in [2.45, 2.75) is 6.42 Å². The van der Waals surface area contributed by atoms with Crippen LogP contribution in [0.5, 0.6) is 0 Å². The van der Waals surface area contributed by atoms with Crippen molar-refractivity contribution >= 4 is 23.2 Å². The Labute approximate surface area is 108 Å². The first-order chi connectivity index (χ1) is 8.06. The van der Waals surface area contributed by atoms with Gasteiger partial charge in [-0.25, -0.2) is 8.78 Å². The maximum atomic E-state index is 13.2. The lowest BCUT2D eigenvalue weighted by Crippen LogP contribution is -1.91. The van der Waals surface area contributed by atoms with Crippen LogP contribution in [0.1, 0.15) is 11.1 Å². The number of benzene rings is 2. The Bertz CT molecular complexity index is 504. The van der Waals surface area contributed by atoms with Crippen LogP contribution in [0.2, 0.25) is 10.0 Å². The van der Waals surface area contributed by atoms with E-state index in [1.54, 1.807) is 12.1 Å². The van der Waals surface area contributed by atoms with Crippen molar-refractivity contribution in [3.63, 3.8) is 0 Å². The zero-order chi connectivity index (χ0) is 12.4. The first kappa shape index (κ1) is 12.3. The van der Waals surface area contributed by atoms with Crippen molar-refractivity contribution in [1.82, 2.24) is 0 Å². The van der Waals surface area contributed by atoms with Gasteiger partial charge in [-0.3, -0.25) is 0 Å².